The van der Waals surface area contributed by atoms with E-state index in [1.807, 2.05) is 23.1 Å². The van der Waals surface area contributed by atoms with Gasteiger partial charge in [0.15, 0.2) is 0 Å². The minimum absolute atomic E-state index is 0.0924. The Morgan fingerprint density at radius 3 is 2.89 bits per heavy atom. The van der Waals surface area contributed by atoms with E-state index >= 15 is 0 Å². The number of amides is 2. The van der Waals surface area contributed by atoms with E-state index in [1.165, 1.54) is 5.56 Å². The molecule has 0 saturated carbocycles. The number of urea groups is 1. The van der Waals surface area contributed by atoms with E-state index in [9.17, 15) is 4.79 Å². The highest BCUT2D eigenvalue weighted by molar-refractivity contribution is 5.75. The van der Waals surface area contributed by atoms with Crippen molar-refractivity contribution in [3.8, 4) is 0 Å². The van der Waals surface area contributed by atoms with Crippen LogP contribution in [0.3, 0.4) is 0 Å². The summed E-state index contributed by atoms with van der Waals surface area (Å²) in [6, 6.07) is 10.7. The first-order valence-corrected chi connectivity index (χ1v) is 6.92. The summed E-state index contributed by atoms with van der Waals surface area (Å²) >= 11 is 0. The Labute approximate surface area is 109 Å². The molecule has 0 aromatic heterocycles. The van der Waals surface area contributed by atoms with Crippen molar-refractivity contribution in [2.24, 2.45) is 0 Å². The molecule has 1 N–H and O–H groups in total. The second-order valence-corrected chi connectivity index (χ2v) is 4.85. The number of carbonyl (C=O) groups excluding carboxylic acids is 1. The molecule has 1 aromatic carbocycles. The first kappa shape index (κ1) is 12.9. The number of nitrogens with zero attached hydrogens (tertiary/aromatic N) is 1. The van der Waals surface area contributed by atoms with Crippen LogP contribution in [0.15, 0.2) is 30.3 Å². The molecule has 1 atom stereocenters. The fourth-order valence-electron chi connectivity index (χ4n) is 2.51. The molecule has 0 spiro atoms. The van der Waals surface area contributed by atoms with Gasteiger partial charge in [-0.25, -0.2) is 4.79 Å². The Morgan fingerprint density at radius 1 is 1.39 bits per heavy atom. The summed E-state index contributed by atoms with van der Waals surface area (Å²) in [6.07, 6.45) is 4.34. The number of unbranched alkanes of at least 4 members (excludes halogenated alkanes) is 1. The van der Waals surface area contributed by atoms with Crippen LogP contribution < -0.4 is 5.32 Å². The highest BCUT2D eigenvalue weighted by Crippen LogP contribution is 2.31. The highest BCUT2D eigenvalue weighted by Gasteiger charge is 2.29. The molecular weight excluding hydrogens is 224 g/mol. The summed E-state index contributed by atoms with van der Waals surface area (Å²) in [5, 5.41) is 3.01. The molecule has 0 radical (unpaired) electrons. The second kappa shape index (κ2) is 6.43. The number of hydrogen-bond acceptors (Lipinski definition) is 1. The van der Waals surface area contributed by atoms with Crippen molar-refractivity contribution in [3.63, 3.8) is 0 Å². The molecule has 98 valence electrons. The first-order chi connectivity index (χ1) is 8.83. The predicted octanol–water partition coefficient (Wildman–Crippen LogP) is 3.33. The maximum atomic E-state index is 12.1. The number of benzene rings is 1. The van der Waals surface area contributed by atoms with Crippen molar-refractivity contribution in [3.05, 3.63) is 35.9 Å². The van der Waals surface area contributed by atoms with Crippen LogP contribution in [0.4, 0.5) is 4.79 Å². The third-order valence-corrected chi connectivity index (χ3v) is 3.50. The van der Waals surface area contributed by atoms with Gasteiger partial charge in [-0.05, 0) is 24.8 Å². The molecule has 1 aliphatic rings. The van der Waals surface area contributed by atoms with Gasteiger partial charge in [0, 0.05) is 13.1 Å². The van der Waals surface area contributed by atoms with Gasteiger partial charge >= 0.3 is 6.03 Å². The molecule has 3 heteroatoms. The van der Waals surface area contributed by atoms with Gasteiger partial charge in [0.2, 0.25) is 0 Å². The van der Waals surface area contributed by atoms with Gasteiger partial charge in [-0.1, -0.05) is 43.7 Å². The van der Waals surface area contributed by atoms with Crippen LogP contribution in [0, 0.1) is 0 Å². The van der Waals surface area contributed by atoms with Gasteiger partial charge in [0.05, 0.1) is 6.04 Å². The van der Waals surface area contributed by atoms with Crippen molar-refractivity contribution in [1.82, 2.24) is 10.2 Å². The molecule has 1 aliphatic heterocycles. The van der Waals surface area contributed by atoms with Gasteiger partial charge in [-0.2, -0.15) is 0 Å². The van der Waals surface area contributed by atoms with Crippen LogP contribution in [0.1, 0.15) is 44.2 Å². The zero-order chi connectivity index (χ0) is 12.8. The molecule has 2 amide bonds. The van der Waals surface area contributed by atoms with E-state index in [1.54, 1.807) is 0 Å². The van der Waals surface area contributed by atoms with E-state index in [4.69, 9.17) is 0 Å². The standard InChI is InChI=1S/C15H22N2O/c1-2-3-11-16-15(18)17-12-7-10-14(17)13-8-5-4-6-9-13/h4-6,8-9,14H,2-3,7,10-12H2,1H3,(H,16,18). The Bertz CT molecular complexity index is 377. The molecule has 18 heavy (non-hydrogen) atoms. The van der Waals surface area contributed by atoms with Crippen LogP contribution in [0.2, 0.25) is 0 Å². The van der Waals surface area contributed by atoms with Gasteiger partial charge in [0.1, 0.15) is 0 Å². The lowest BCUT2D eigenvalue weighted by molar-refractivity contribution is 0.193. The largest absolute Gasteiger partial charge is 0.338 e. The van der Waals surface area contributed by atoms with Crippen molar-refractivity contribution < 1.29 is 4.79 Å². The second-order valence-electron chi connectivity index (χ2n) is 4.85. The average molecular weight is 246 g/mol. The maximum absolute atomic E-state index is 12.1. The van der Waals surface area contributed by atoms with Crippen LogP contribution in [0.5, 0.6) is 0 Å². The summed E-state index contributed by atoms with van der Waals surface area (Å²) in [5.41, 5.74) is 1.25. The van der Waals surface area contributed by atoms with E-state index < -0.39 is 0 Å². The Kier molecular flexibility index (Phi) is 4.62. The third kappa shape index (κ3) is 3.03. The molecule has 2 rings (SSSR count). The van der Waals surface area contributed by atoms with Gasteiger partial charge < -0.3 is 10.2 Å². The summed E-state index contributed by atoms with van der Waals surface area (Å²) in [6.45, 7) is 3.79. The Hall–Kier alpha value is -1.51. The quantitative estimate of drug-likeness (QED) is 0.812. The molecule has 1 heterocycles. The molecule has 0 aliphatic carbocycles. The van der Waals surface area contributed by atoms with E-state index in [0.717, 1.165) is 38.8 Å². The lowest BCUT2D eigenvalue weighted by Gasteiger charge is -2.25. The van der Waals surface area contributed by atoms with E-state index in [2.05, 4.69) is 24.4 Å². The molecule has 0 bridgehead atoms. The summed E-state index contributed by atoms with van der Waals surface area (Å²) in [4.78, 5) is 14.1. The van der Waals surface area contributed by atoms with Crippen LogP contribution in [0.25, 0.3) is 0 Å². The fraction of sp³-hybridized carbons (Fsp3) is 0.533. The van der Waals surface area contributed by atoms with Gasteiger partial charge in [0.25, 0.3) is 0 Å². The number of hydrogen-bond donors (Lipinski definition) is 1. The average Bonchev–Trinajstić information content (AvgIpc) is 2.89. The monoisotopic (exact) mass is 246 g/mol. The van der Waals surface area contributed by atoms with E-state index in [-0.39, 0.29) is 12.1 Å². The zero-order valence-corrected chi connectivity index (χ0v) is 11.1. The Morgan fingerprint density at radius 2 is 2.17 bits per heavy atom. The number of rotatable bonds is 4. The topological polar surface area (TPSA) is 32.3 Å². The van der Waals surface area contributed by atoms with E-state index in [0.29, 0.717) is 0 Å². The van der Waals surface area contributed by atoms with Crippen molar-refractivity contribution in [2.75, 3.05) is 13.1 Å². The number of carbonyl (C=O) groups is 1. The minimum atomic E-state index is 0.0924. The highest BCUT2D eigenvalue weighted by atomic mass is 16.2. The first-order valence-electron chi connectivity index (χ1n) is 6.92. The molecule has 1 fully saturated rings. The van der Waals surface area contributed by atoms with Crippen molar-refractivity contribution >= 4 is 6.03 Å². The van der Waals surface area contributed by atoms with Crippen molar-refractivity contribution in [1.29, 1.82) is 0 Å². The molecule has 1 aromatic rings. The normalized spacial score (nSPS) is 18.9. The summed E-state index contributed by atoms with van der Waals surface area (Å²) < 4.78 is 0. The number of nitrogens with one attached hydrogen (secondary N) is 1. The van der Waals surface area contributed by atoms with Gasteiger partial charge in [-0.3, -0.25) is 0 Å². The maximum Gasteiger partial charge on any atom is 0.317 e. The van der Waals surface area contributed by atoms with Gasteiger partial charge in [-0.15, -0.1) is 0 Å². The third-order valence-electron chi connectivity index (χ3n) is 3.50. The lowest BCUT2D eigenvalue weighted by Crippen LogP contribution is -2.39. The Balaban J connectivity index is 1.97. The van der Waals surface area contributed by atoms with Crippen LogP contribution >= 0.6 is 0 Å². The molecule has 1 unspecified atom stereocenters. The zero-order valence-electron chi connectivity index (χ0n) is 11.1. The molecule has 1 saturated heterocycles. The van der Waals surface area contributed by atoms with Crippen LogP contribution in [-0.4, -0.2) is 24.0 Å². The smallest absolute Gasteiger partial charge is 0.317 e. The number of likely N-dealkylation sites (tertiary alicyclic amines) is 1. The fourth-order valence-corrected chi connectivity index (χ4v) is 2.51. The SMILES string of the molecule is CCCCNC(=O)N1CCCC1c1ccccc1. The predicted molar refractivity (Wildman–Crippen MR) is 73.4 cm³/mol. The lowest BCUT2D eigenvalue weighted by atomic mass is 10.1. The minimum Gasteiger partial charge on any atom is -0.338 e. The molecular formula is C15H22N2O. The summed E-state index contributed by atoms with van der Waals surface area (Å²) in [5.74, 6) is 0. The van der Waals surface area contributed by atoms with Crippen molar-refractivity contribution in [2.45, 2.75) is 38.6 Å². The summed E-state index contributed by atoms with van der Waals surface area (Å²) in [7, 11) is 0. The molecule has 3 nitrogen and oxygen atoms in total. The van der Waals surface area contributed by atoms with Crippen LogP contribution in [-0.2, 0) is 0 Å².